The molecular formula is C18H19ClN4O5S. The van der Waals surface area contributed by atoms with Crippen LogP contribution in [0, 0.1) is 0 Å². The predicted molar refractivity (Wildman–Crippen MR) is 106 cm³/mol. The molecule has 1 fully saturated rings. The lowest BCUT2D eigenvalue weighted by molar-refractivity contribution is 0.0526. The number of pyridine rings is 1. The lowest BCUT2D eigenvalue weighted by Crippen LogP contribution is -2.61. The number of nitrogens with one attached hydrogen (secondary N) is 2. The fraction of sp³-hybridized carbons (Fsp3) is 0.278. The summed E-state index contributed by atoms with van der Waals surface area (Å²) in [6.07, 6.45) is 1.37. The molecule has 1 saturated heterocycles. The second kappa shape index (κ2) is 8.66. The Morgan fingerprint density at radius 3 is 2.59 bits per heavy atom. The highest BCUT2D eigenvalue weighted by Gasteiger charge is 2.31. The molecule has 1 aromatic heterocycles. The highest BCUT2D eigenvalue weighted by atomic mass is 35.5. The van der Waals surface area contributed by atoms with Crippen LogP contribution in [0.1, 0.15) is 17.3 Å². The first-order valence-electron chi connectivity index (χ1n) is 8.76. The molecule has 0 unspecified atom stereocenters. The lowest BCUT2D eigenvalue weighted by Gasteiger charge is -2.40. The number of benzene rings is 1. The molecule has 0 aliphatic carbocycles. The van der Waals surface area contributed by atoms with Crippen LogP contribution in [0.25, 0.3) is 0 Å². The number of urea groups is 1. The van der Waals surface area contributed by atoms with Gasteiger partial charge in [0.05, 0.1) is 28.1 Å². The Morgan fingerprint density at radius 1 is 1.28 bits per heavy atom. The third-order valence-electron chi connectivity index (χ3n) is 4.13. The van der Waals surface area contributed by atoms with Crippen molar-refractivity contribution in [3.8, 4) is 0 Å². The van der Waals surface area contributed by atoms with Gasteiger partial charge in [0.25, 0.3) is 10.0 Å². The number of hydrogen-bond donors (Lipinski definition) is 2. The number of hydrogen-bond acceptors (Lipinski definition) is 7. The van der Waals surface area contributed by atoms with Crippen LogP contribution < -0.4 is 14.9 Å². The number of carbonyl (C=O) groups excluding carboxylic acids is 2. The van der Waals surface area contributed by atoms with E-state index in [0.29, 0.717) is 18.9 Å². The number of anilines is 1. The number of ether oxygens (including phenoxy) is 1. The number of esters is 1. The molecule has 1 aromatic carbocycles. The average molecular weight is 439 g/mol. The van der Waals surface area contributed by atoms with E-state index in [1.807, 2.05) is 4.72 Å². The van der Waals surface area contributed by atoms with Gasteiger partial charge in [0.2, 0.25) is 0 Å². The van der Waals surface area contributed by atoms with Gasteiger partial charge in [0, 0.05) is 19.3 Å². The SMILES string of the molecule is CCOC(=O)c1cnc(N2CC(NC(=O)NS(=O)(=O)c3ccccc3)C2)c(Cl)c1. The zero-order chi connectivity index (χ0) is 21.0. The van der Waals surface area contributed by atoms with Crippen molar-refractivity contribution in [3.05, 3.63) is 53.2 Å². The van der Waals surface area contributed by atoms with Gasteiger partial charge in [-0.3, -0.25) is 0 Å². The standard InChI is InChI=1S/C18H19ClN4O5S/c1-2-28-17(24)12-8-15(19)16(20-9-12)23-10-13(11-23)21-18(25)22-29(26,27)14-6-4-3-5-7-14/h3-9,13H,2,10-11H2,1H3,(H2,21,22,25). The molecule has 0 bridgehead atoms. The Hall–Kier alpha value is -2.85. The quantitative estimate of drug-likeness (QED) is 0.660. The lowest BCUT2D eigenvalue weighted by atomic mass is 10.1. The van der Waals surface area contributed by atoms with Crippen molar-refractivity contribution in [1.29, 1.82) is 0 Å². The van der Waals surface area contributed by atoms with Crippen molar-refractivity contribution in [2.45, 2.75) is 17.9 Å². The summed E-state index contributed by atoms with van der Waals surface area (Å²) >= 11 is 6.20. The summed E-state index contributed by atoms with van der Waals surface area (Å²) in [5.74, 6) is -0.0389. The molecule has 0 spiro atoms. The van der Waals surface area contributed by atoms with Crippen molar-refractivity contribution in [1.82, 2.24) is 15.0 Å². The molecule has 2 aromatic rings. The number of halogens is 1. The summed E-state index contributed by atoms with van der Waals surface area (Å²) in [5, 5.41) is 2.87. The number of amides is 2. The number of nitrogens with zero attached hydrogens (tertiary/aromatic N) is 2. The molecule has 0 atom stereocenters. The normalized spacial score (nSPS) is 14.1. The Balaban J connectivity index is 1.54. The summed E-state index contributed by atoms with van der Waals surface area (Å²) in [6, 6.07) is 8.00. The third-order valence-corrected chi connectivity index (χ3v) is 5.75. The van der Waals surface area contributed by atoms with Crippen LogP contribution in [0.3, 0.4) is 0 Å². The minimum atomic E-state index is -3.93. The number of carbonyl (C=O) groups is 2. The molecule has 0 saturated carbocycles. The molecule has 29 heavy (non-hydrogen) atoms. The second-order valence-corrected chi connectivity index (χ2v) is 8.33. The summed E-state index contributed by atoms with van der Waals surface area (Å²) in [7, 11) is -3.93. The maximum absolute atomic E-state index is 12.1. The first kappa shape index (κ1) is 20.9. The molecule has 1 aliphatic heterocycles. The van der Waals surface area contributed by atoms with Crippen LogP contribution in [0.15, 0.2) is 47.5 Å². The van der Waals surface area contributed by atoms with Crippen molar-refractivity contribution < 1.29 is 22.7 Å². The van der Waals surface area contributed by atoms with Gasteiger partial charge in [-0.2, -0.15) is 0 Å². The second-order valence-electron chi connectivity index (χ2n) is 6.24. The maximum Gasteiger partial charge on any atom is 0.339 e. The molecule has 2 amide bonds. The Bertz CT molecular complexity index is 1010. The molecule has 11 heteroatoms. The van der Waals surface area contributed by atoms with E-state index in [-0.39, 0.29) is 28.1 Å². The first-order valence-corrected chi connectivity index (χ1v) is 10.6. The molecule has 2 N–H and O–H groups in total. The summed E-state index contributed by atoms with van der Waals surface area (Å²) in [4.78, 5) is 29.7. The summed E-state index contributed by atoms with van der Waals surface area (Å²) < 4.78 is 31.2. The smallest absolute Gasteiger partial charge is 0.339 e. The number of rotatable bonds is 6. The zero-order valence-corrected chi connectivity index (χ0v) is 17.0. The van der Waals surface area contributed by atoms with Crippen molar-refractivity contribution in [3.63, 3.8) is 0 Å². The molecule has 1 aliphatic rings. The van der Waals surface area contributed by atoms with Gasteiger partial charge >= 0.3 is 12.0 Å². The highest BCUT2D eigenvalue weighted by Crippen LogP contribution is 2.28. The van der Waals surface area contributed by atoms with Crippen LogP contribution >= 0.6 is 11.6 Å². The minimum absolute atomic E-state index is 0.00283. The maximum atomic E-state index is 12.1. The molecule has 2 heterocycles. The van der Waals surface area contributed by atoms with Crippen molar-refractivity contribution in [2.24, 2.45) is 0 Å². The Kier molecular flexibility index (Phi) is 6.23. The van der Waals surface area contributed by atoms with E-state index in [0.717, 1.165) is 0 Å². The van der Waals surface area contributed by atoms with Gasteiger partial charge < -0.3 is 15.0 Å². The van der Waals surface area contributed by atoms with Gasteiger partial charge in [-0.05, 0) is 25.1 Å². The van der Waals surface area contributed by atoms with Gasteiger partial charge in [-0.15, -0.1) is 0 Å². The Labute approximate surface area is 173 Å². The summed E-state index contributed by atoms with van der Waals surface area (Å²) in [6.45, 7) is 2.74. The molecule has 3 rings (SSSR count). The largest absolute Gasteiger partial charge is 0.462 e. The van der Waals surface area contributed by atoms with Gasteiger partial charge in [0.15, 0.2) is 0 Å². The highest BCUT2D eigenvalue weighted by molar-refractivity contribution is 7.90. The van der Waals surface area contributed by atoms with Crippen LogP contribution in [0.4, 0.5) is 10.6 Å². The predicted octanol–water partition coefficient (Wildman–Crippen LogP) is 1.79. The minimum Gasteiger partial charge on any atom is -0.462 e. The van der Waals surface area contributed by atoms with E-state index in [1.165, 1.54) is 24.4 Å². The average Bonchev–Trinajstić information content (AvgIpc) is 2.65. The molecule has 0 radical (unpaired) electrons. The van der Waals surface area contributed by atoms with E-state index in [2.05, 4.69) is 10.3 Å². The van der Waals surface area contributed by atoms with Crippen LogP contribution in [-0.2, 0) is 14.8 Å². The van der Waals surface area contributed by atoms with Crippen LogP contribution in [0.5, 0.6) is 0 Å². The van der Waals surface area contributed by atoms with E-state index < -0.39 is 22.0 Å². The topological polar surface area (TPSA) is 118 Å². The van der Waals surface area contributed by atoms with Crippen molar-refractivity contribution in [2.75, 3.05) is 24.6 Å². The number of aromatic nitrogens is 1. The third kappa shape index (κ3) is 4.96. The van der Waals surface area contributed by atoms with E-state index in [4.69, 9.17) is 16.3 Å². The molecular weight excluding hydrogens is 420 g/mol. The first-order chi connectivity index (χ1) is 13.8. The van der Waals surface area contributed by atoms with Gasteiger partial charge in [0.1, 0.15) is 5.82 Å². The van der Waals surface area contributed by atoms with E-state index >= 15 is 0 Å². The number of sulfonamides is 1. The van der Waals surface area contributed by atoms with E-state index in [1.54, 1.807) is 30.0 Å². The van der Waals surface area contributed by atoms with Crippen LogP contribution in [-0.4, -0.2) is 51.1 Å². The van der Waals surface area contributed by atoms with E-state index in [9.17, 15) is 18.0 Å². The van der Waals surface area contributed by atoms with Crippen molar-refractivity contribution >= 4 is 39.4 Å². The zero-order valence-electron chi connectivity index (χ0n) is 15.5. The van der Waals surface area contributed by atoms with Gasteiger partial charge in [-0.25, -0.2) is 27.7 Å². The van der Waals surface area contributed by atoms with Gasteiger partial charge in [-0.1, -0.05) is 29.8 Å². The van der Waals surface area contributed by atoms with Crippen LogP contribution in [0.2, 0.25) is 5.02 Å². The fourth-order valence-electron chi connectivity index (χ4n) is 2.73. The fourth-order valence-corrected chi connectivity index (χ4v) is 3.95. The Morgan fingerprint density at radius 2 is 1.97 bits per heavy atom. The molecule has 154 valence electrons. The molecule has 9 nitrogen and oxygen atoms in total. The summed E-state index contributed by atoms with van der Waals surface area (Å²) in [5.41, 5.74) is 0.251. The monoisotopic (exact) mass is 438 g/mol.